The third-order valence-electron chi connectivity index (χ3n) is 3.63. The third kappa shape index (κ3) is 3.29. The van der Waals surface area contributed by atoms with E-state index in [2.05, 4.69) is 21.0 Å². The number of amides is 1. The molecule has 6 heteroatoms. The van der Waals surface area contributed by atoms with E-state index in [1.165, 1.54) is 6.42 Å². The first-order valence-electron chi connectivity index (χ1n) is 6.70. The topological polar surface area (TPSA) is 78.7 Å². The van der Waals surface area contributed by atoms with Crippen LogP contribution in [0.15, 0.2) is 0 Å². The molecule has 0 aromatic carbocycles. The molecule has 0 spiro atoms. The minimum absolute atomic E-state index is 0.213. The van der Waals surface area contributed by atoms with E-state index in [0.29, 0.717) is 10.6 Å². The highest BCUT2D eigenvalue weighted by Gasteiger charge is 2.33. The molecule has 2 rings (SSSR count). The molecule has 0 bridgehead atoms. The van der Waals surface area contributed by atoms with E-state index >= 15 is 0 Å². The normalized spacial score (nSPS) is 18.9. The fourth-order valence-electron chi connectivity index (χ4n) is 2.49. The Labute approximate surface area is 117 Å². The second kappa shape index (κ2) is 6.11. The van der Waals surface area contributed by atoms with Crippen molar-refractivity contribution in [2.45, 2.75) is 57.4 Å². The number of aryl methyl sites for hydroxylation is 1. The highest BCUT2D eigenvalue weighted by Crippen LogP contribution is 2.26. The predicted molar refractivity (Wildman–Crippen MR) is 72.8 cm³/mol. The first-order chi connectivity index (χ1) is 9.17. The molecule has 1 aliphatic rings. The van der Waals surface area contributed by atoms with Crippen molar-refractivity contribution >= 4 is 17.4 Å². The Kier molecular flexibility index (Phi) is 4.48. The van der Waals surface area contributed by atoms with Gasteiger partial charge in [-0.15, -0.1) is 5.10 Å². The van der Waals surface area contributed by atoms with Gasteiger partial charge >= 0.3 is 0 Å². The number of nitrogens with zero attached hydrogens (tertiary/aromatic N) is 3. The molecule has 102 valence electrons. The lowest BCUT2D eigenvalue weighted by Gasteiger charge is -2.29. The third-order valence-corrected chi connectivity index (χ3v) is 4.46. The van der Waals surface area contributed by atoms with Crippen molar-refractivity contribution in [1.82, 2.24) is 14.9 Å². The van der Waals surface area contributed by atoms with Gasteiger partial charge in [0.05, 0.1) is 11.8 Å². The Morgan fingerprint density at radius 1 is 1.32 bits per heavy atom. The van der Waals surface area contributed by atoms with Crippen molar-refractivity contribution in [3.8, 4) is 6.07 Å². The number of hydrogen-bond donors (Lipinski definition) is 1. The van der Waals surface area contributed by atoms with Crippen molar-refractivity contribution in [3.05, 3.63) is 10.6 Å². The monoisotopic (exact) mass is 278 g/mol. The van der Waals surface area contributed by atoms with Crippen molar-refractivity contribution in [2.24, 2.45) is 0 Å². The van der Waals surface area contributed by atoms with E-state index in [1.807, 2.05) is 0 Å². The van der Waals surface area contributed by atoms with Crippen LogP contribution in [0.4, 0.5) is 0 Å². The van der Waals surface area contributed by atoms with E-state index < -0.39 is 5.54 Å². The van der Waals surface area contributed by atoms with E-state index in [9.17, 15) is 10.1 Å². The molecule has 19 heavy (non-hydrogen) atoms. The lowest BCUT2D eigenvalue weighted by molar-refractivity contribution is 0.0911. The van der Waals surface area contributed by atoms with Gasteiger partial charge in [0.2, 0.25) is 0 Å². The van der Waals surface area contributed by atoms with Crippen molar-refractivity contribution in [2.75, 3.05) is 0 Å². The Morgan fingerprint density at radius 3 is 2.47 bits per heavy atom. The molecule has 1 N–H and O–H groups in total. The van der Waals surface area contributed by atoms with Crippen LogP contribution < -0.4 is 5.32 Å². The standard InChI is InChI=1S/C13H18N4OS/c1-10-11(19-17-16-10)12(18)15-13(9-14)7-5-3-2-4-6-8-13/h2-8H2,1H3,(H,15,18). The maximum absolute atomic E-state index is 12.2. The zero-order chi connectivity index (χ0) is 13.7. The van der Waals surface area contributed by atoms with Gasteiger partial charge in [0.1, 0.15) is 10.4 Å². The van der Waals surface area contributed by atoms with Crippen LogP contribution in [0.2, 0.25) is 0 Å². The molecule has 1 aliphatic carbocycles. The summed E-state index contributed by atoms with van der Waals surface area (Å²) in [5, 5.41) is 16.2. The molecule has 0 radical (unpaired) electrons. The molecular weight excluding hydrogens is 260 g/mol. The van der Waals surface area contributed by atoms with Crippen LogP contribution in [0.3, 0.4) is 0 Å². The first kappa shape index (κ1) is 13.9. The quantitative estimate of drug-likeness (QED) is 0.901. The zero-order valence-corrected chi connectivity index (χ0v) is 11.9. The number of aromatic nitrogens is 2. The summed E-state index contributed by atoms with van der Waals surface area (Å²) in [5.74, 6) is -0.213. The van der Waals surface area contributed by atoms with Crippen LogP contribution in [0.5, 0.6) is 0 Å². The fourth-order valence-corrected chi connectivity index (χ4v) is 3.04. The van der Waals surface area contributed by atoms with E-state index in [1.54, 1.807) is 6.92 Å². The molecule has 0 saturated heterocycles. The smallest absolute Gasteiger partial charge is 0.266 e. The maximum Gasteiger partial charge on any atom is 0.266 e. The van der Waals surface area contributed by atoms with Crippen molar-refractivity contribution < 1.29 is 4.79 Å². The molecule has 1 heterocycles. The zero-order valence-electron chi connectivity index (χ0n) is 11.1. The van der Waals surface area contributed by atoms with Gasteiger partial charge in [-0.1, -0.05) is 36.6 Å². The van der Waals surface area contributed by atoms with Crippen LogP contribution in [0.1, 0.15) is 60.3 Å². The van der Waals surface area contributed by atoms with Crippen LogP contribution in [0.25, 0.3) is 0 Å². The molecular formula is C13H18N4OS. The van der Waals surface area contributed by atoms with Crippen molar-refractivity contribution in [1.29, 1.82) is 5.26 Å². The van der Waals surface area contributed by atoms with Gasteiger partial charge in [-0.25, -0.2) is 0 Å². The minimum atomic E-state index is -0.714. The second-order valence-corrected chi connectivity index (χ2v) is 5.86. The van der Waals surface area contributed by atoms with Gasteiger partial charge in [0.25, 0.3) is 5.91 Å². The molecule has 1 aromatic heterocycles. The summed E-state index contributed by atoms with van der Waals surface area (Å²) >= 11 is 1.08. The number of hydrogen-bond acceptors (Lipinski definition) is 5. The van der Waals surface area contributed by atoms with Crippen LogP contribution in [-0.2, 0) is 0 Å². The van der Waals surface area contributed by atoms with Crippen molar-refractivity contribution in [3.63, 3.8) is 0 Å². The number of carbonyl (C=O) groups is 1. The number of carbonyl (C=O) groups excluding carboxylic acids is 1. The summed E-state index contributed by atoms with van der Waals surface area (Å²) < 4.78 is 3.77. The van der Waals surface area contributed by atoms with Gasteiger partial charge in [-0.2, -0.15) is 5.26 Å². The lowest BCUT2D eigenvalue weighted by atomic mass is 9.85. The molecule has 1 amide bonds. The van der Waals surface area contributed by atoms with Crippen LogP contribution >= 0.6 is 11.5 Å². The molecule has 0 aliphatic heterocycles. The number of rotatable bonds is 2. The Morgan fingerprint density at radius 2 is 1.95 bits per heavy atom. The van der Waals surface area contributed by atoms with Gasteiger partial charge in [-0.05, 0) is 31.3 Å². The SMILES string of the molecule is Cc1nnsc1C(=O)NC1(C#N)CCCCCCC1. The van der Waals surface area contributed by atoms with Crippen LogP contribution in [-0.4, -0.2) is 21.0 Å². The van der Waals surface area contributed by atoms with Gasteiger partial charge in [0, 0.05) is 0 Å². The minimum Gasteiger partial charge on any atom is -0.333 e. The summed E-state index contributed by atoms with van der Waals surface area (Å²) in [6.07, 6.45) is 6.97. The van der Waals surface area contributed by atoms with E-state index in [4.69, 9.17) is 0 Å². The van der Waals surface area contributed by atoms with Crippen LogP contribution in [0, 0.1) is 18.3 Å². The van der Waals surface area contributed by atoms with Gasteiger partial charge in [-0.3, -0.25) is 4.79 Å². The molecule has 1 saturated carbocycles. The average molecular weight is 278 g/mol. The summed E-state index contributed by atoms with van der Waals surface area (Å²) in [7, 11) is 0. The Balaban J connectivity index is 2.11. The number of nitrogens with one attached hydrogen (secondary N) is 1. The fraction of sp³-hybridized carbons (Fsp3) is 0.692. The molecule has 1 fully saturated rings. The summed E-state index contributed by atoms with van der Waals surface area (Å²) in [6.45, 7) is 1.76. The molecule has 0 unspecified atom stereocenters. The average Bonchev–Trinajstić information content (AvgIpc) is 2.79. The number of nitriles is 1. The molecule has 5 nitrogen and oxygen atoms in total. The second-order valence-electron chi connectivity index (χ2n) is 5.10. The largest absolute Gasteiger partial charge is 0.333 e. The highest BCUT2D eigenvalue weighted by atomic mass is 32.1. The lowest BCUT2D eigenvalue weighted by Crippen LogP contribution is -2.47. The van der Waals surface area contributed by atoms with Gasteiger partial charge < -0.3 is 5.32 Å². The highest BCUT2D eigenvalue weighted by molar-refractivity contribution is 7.08. The Bertz CT molecular complexity index is 483. The summed E-state index contributed by atoms with van der Waals surface area (Å²) in [6, 6.07) is 2.33. The van der Waals surface area contributed by atoms with E-state index in [0.717, 1.165) is 50.1 Å². The maximum atomic E-state index is 12.2. The summed E-state index contributed by atoms with van der Waals surface area (Å²) in [5.41, 5.74) is -0.0880. The predicted octanol–water partition coefficient (Wildman–Crippen LogP) is 2.58. The summed E-state index contributed by atoms with van der Waals surface area (Å²) in [4.78, 5) is 12.7. The Hall–Kier alpha value is -1.48. The molecule has 0 atom stereocenters. The molecule has 1 aromatic rings. The van der Waals surface area contributed by atoms with E-state index in [-0.39, 0.29) is 5.91 Å². The van der Waals surface area contributed by atoms with Gasteiger partial charge in [0.15, 0.2) is 0 Å². The first-order valence-corrected chi connectivity index (χ1v) is 7.47.